The lowest BCUT2D eigenvalue weighted by Crippen LogP contribution is -2.38. The summed E-state index contributed by atoms with van der Waals surface area (Å²) in [5.41, 5.74) is 0. The van der Waals surface area contributed by atoms with Gasteiger partial charge in [0.15, 0.2) is 5.11 Å². The Morgan fingerprint density at radius 2 is 2.24 bits per heavy atom. The zero-order chi connectivity index (χ0) is 17.6. The van der Waals surface area contributed by atoms with Crippen LogP contribution in [0.25, 0.3) is 0 Å². The standard InChI is InChI=1S/C17H27N5O2S/c1-12-6-3-4-8-22(12)14-10-15(23-2)20-16(19-14)21-17(25)18-11-13-7-5-9-24-13/h10,12-13H,3-9,11H2,1-2H3,(H2,18,19,20,21,25)/t12-,13-/m0/s1. The molecule has 0 aliphatic carbocycles. The van der Waals surface area contributed by atoms with Crippen LogP contribution in [0.1, 0.15) is 39.0 Å². The number of methoxy groups -OCH3 is 1. The van der Waals surface area contributed by atoms with Crippen molar-refractivity contribution in [1.82, 2.24) is 15.3 Å². The van der Waals surface area contributed by atoms with Crippen LogP contribution in [-0.4, -0.2) is 54.0 Å². The molecule has 0 saturated carbocycles. The maximum atomic E-state index is 5.59. The van der Waals surface area contributed by atoms with Gasteiger partial charge in [-0.15, -0.1) is 0 Å². The minimum absolute atomic E-state index is 0.232. The van der Waals surface area contributed by atoms with Gasteiger partial charge in [-0.3, -0.25) is 0 Å². The molecule has 7 nitrogen and oxygen atoms in total. The molecule has 2 atom stereocenters. The summed E-state index contributed by atoms with van der Waals surface area (Å²) in [5, 5.41) is 6.75. The monoisotopic (exact) mass is 365 g/mol. The fraction of sp³-hybridized carbons (Fsp3) is 0.706. The van der Waals surface area contributed by atoms with Crippen LogP contribution in [0.5, 0.6) is 5.88 Å². The van der Waals surface area contributed by atoms with Crippen LogP contribution in [-0.2, 0) is 4.74 Å². The lowest BCUT2D eigenvalue weighted by Gasteiger charge is -2.34. The van der Waals surface area contributed by atoms with Crippen LogP contribution in [0.2, 0.25) is 0 Å². The second-order valence-corrected chi connectivity index (χ2v) is 7.01. The van der Waals surface area contributed by atoms with Crippen molar-refractivity contribution in [3.8, 4) is 5.88 Å². The maximum absolute atomic E-state index is 5.59. The average Bonchev–Trinajstić information content (AvgIpc) is 3.13. The number of thiocarbonyl (C=S) groups is 1. The van der Waals surface area contributed by atoms with Gasteiger partial charge in [0.2, 0.25) is 11.8 Å². The van der Waals surface area contributed by atoms with Gasteiger partial charge < -0.3 is 25.0 Å². The van der Waals surface area contributed by atoms with Gasteiger partial charge in [0.05, 0.1) is 13.2 Å². The third kappa shape index (κ3) is 4.92. The van der Waals surface area contributed by atoms with Gasteiger partial charge in [-0.05, 0) is 51.2 Å². The summed E-state index contributed by atoms with van der Waals surface area (Å²) in [6, 6.07) is 2.35. The van der Waals surface area contributed by atoms with E-state index in [1.807, 2.05) is 6.07 Å². The predicted octanol–water partition coefficient (Wildman–Crippen LogP) is 2.33. The zero-order valence-electron chi connectivity index (χ0n) is 15.0. The van der Waals surface area contributed by atoms with Gasteiger partial charge in [0.1, 0.15) is 5.82 Å². The minimum atomic E-state index is 0.232. The van der Waals surface area contributed by atoms with E-state index in [-0.39, 0.29) is 6.10 Å². The number of nitrogens with zero attached hydrogens (tertiary/aromatic N) is 3. The second kappa shape index (κ2) is 8.62. The first-order valence-electron chi connectivity index (χ1n) is 9.02. The normalized spacial score (nSPS) is 23.4. The number of aromatic nitrogens is 2. The van der Waals surface area contributed by atoms with Gasteiger partial charge in [-0.2, -0.15) is 9.97 Å². The summed E-state index contributed by atoms with van der Waals surface area (Å²) in [5.74, 6) is 1.87. The van der Waals surface area contributed by atoms with Gasteiger partial charge in [-0.1, -0.05) is 0 Å². The number of piperidine rings is 1. The molecule has 1 aromatic heterocycles. The molecule has 0 radical (unpaired) electrons. The molecule has 0 bridgehead atoms. The fourth-order valence-corrected chi connectivity index (χ4v) is 3.49. The summed E-state index contributed by atoms with van der Waals surface area (Å²) in [4.78, 5) is 11.3. The van der Waals surface area contributed by atoms with Crippen LogP contribution in [0.3, 0.4) is 0 Å². The average molecular weight is 366 g/mol. The van der Waals surface area contributed by atoms with Crippen LogP contribution < -0.4 is 20.3 Å². The number of anilines is 2. The molecule has 2 aliphatic heterocycles. The van der Waals surface area contributed by atoms with Crippen LogP contribution in [0.15, 0.2) is 6.07 Å². The van der Waals surface area contributed by atoms with Crippen molar-refractivity contribution < 1.29 is 9.47 Å². The smallest absolute Gasteiger partial charge is 0.234 e. The molecule has 2 aliphatic rings. The second-order valence-electron chi connectivity index (χ2n) is 6.60. The highest BCUT2D eigenvalue weighted by molar-refractivity contribution is 7.80. The molecule has 3 heterocycles. The Bertz CT molecular complexity index is 594. The molecule has 0 unspecified atom stereocenters. The topological polar surface area (TPSA) is 71.5 Å². The summed E-state index contributed by atoms with van der Waals surface area (Å²) >= 11 is 5.36. The van der Waals surface area contributed by atoms with Crippen LogP contribution in [0, 0.1) is 0 Å². The number of hydrogen-bond donors (Lipinski definition) is 2. The molecule has 138 valence electrons. The largest absolute Gasteiger partial charge is 0.481 e. The number of nitrogens with one attached hydrogen (secondary N) is 2. The Labute approximate surface area is 154 Å². The van der Waals surface area contributed by atoms with E-state index >= 15 is 0 Å². The number of rotatable bonds is 5. The SMILES string of the molecule is COc1cc(N2CCCC[C@@H]2C)nc(NC(=S)NC[C@@H]2CCCO2)n1. The summed E-state index contributed by atoms with van der Waals surface area (Å²) in [6.45, 7) is 4.77. The van der Waals surface area contributed by atoms with Crippen LogP contribution in [0.4, 0.5) is 11.8 Å². The first-order valence-corrected chi connectivity index (χ1v) is 9.42. The van der Waals surface area contributed by atoms with Crippen molar-refractivity contribution in [2.24, 2.45) is 0 Å². The minimum Gasteiger partial charge on any atom is -0.481 e. The van der Waals surface area contributed by atoms with Crippen molar-refractivity contribution in [3.63, 3.8) is 0 Å². The number of ether oxygens (including phenoxy) is 2. The van der Waals surface area contributed by atoms with Crippen molar-refractivity contribution in [2.45, 2.75) is 51.2 Å². The van der Waals surface area contributed by atoms with Gasteiger partial charge in [0, 0.05) is 31.8 Å². The third-order valence-electron chi connectivity index (χ3n) is 4.74. The molecule has 25 heavy (non-hydrogen) atoms. The van der Waals surface area contributed by atoms with E-state index in [9.17, 15) is 0 Å². The first-order chi connectivity index (χ1) is 12.2. The Kier molecular flexibility index (Phi) is 6.25. The first kappa shape index (κ1) is 18.1. The third-order valence-corrected chi connectivity index (χ3v) is 4.98. The van der Waals surface area contributed by atoms with E-state index in [0.29, 0.717) is 29.5 Å². The van der Waals surface area contributed by atoms with E-state index in [2.05, 4.69) is 32.4 Å². The zero-order valence-corrected chi connectivity index (χ0v) is 15.8. The highest BCUT2D eigenvalue weighted by Crippen LogP contribution is 2.26. The molecule has 3 rings (SSSR count). The summed E-state index contributed by atoms with van der Waals surface area (Å²) in [7, 11) is 1.61. The Balaban J connectivity index is 1.65. The Hall–Kier alpha value is -1.67. The highest BCUT2D eigenvalue weighted by atomic mass is 32.1. The molecule has 2 N–H and O–H groups in total. The summed E-state index contributed by atoms with van der Waals surface area (Å²) < 4.78 is 10.9. The van der Waals surface area contributed by atoms with E-state index in [0.717, 1.165) is 31.8 Å². The number of hydrogen-bond acceptors (Lipinski definition) is 6. The van der Waals surface area contributed by atoms with Gasteiger partial charge >= 0.3 is 0 Å². The van der Waals surface area contributed by atoms with Crippen LogP contribution >= 0.6 is 12.2 Å². The van der Waals surface area contributed by atoms with E-state index in [4.69, 9.17) is 21.7 Å². The molecule has 0 aromatic carbocycles. The lowest BCUT2D eigenvalue weighted by molar-refractivity contribution is 0.114. The Morgan fingerprint density at radius 1 is 1.36 bits per heavy atom. The van der Waals surface area contributed by atoms with E-state index in [1.54, 1.807) is 7.11 Å². The fourth-order valence-electron chi connectivity index (χ4n) is 3.32. The van der Waals surface area contributed by atoms with Gasteiger partial charge in [0.25, 0.3) is 0 Å². The maximum Gasteiger partial charge on any atom is 0.234 e. The van der Waals surface area contributed by atoms with E-state index in [1.165, 1.54) is 19.3 Å². The Morgan fingerprint density at radius 3 is 2.96 bits per heavy atom. The molecule has 0 spiro atoms. The van der Waals surface area contributed by atoms with E-state index < -0.39 is 0 Å². The molecule has 1 aromatic rings. The molecule has 2 fully saturated rings. The molecule has 8 heteroatoms. The summed E-state index contributed by atoms with van der Waals surface area (Å²) in [6.07, 6.45) is 6.04. The molecular formula is C17H27N5O2S. The van der Waals surface area contributed by atoms with Gasteiger partial charge in [-0.25, -0.2) is 0 Å². The quantitative estimate of drug-likeness (QED) is 0.771. The predicted molar refractivity (Wildman–Crippen MR) is 102 cm³/mol. The van der Waals surface area contributed by atoms with Crippen molar-refractivity contribution >= 4 is 29.1 Å². The molecular weight excluding hydrogens is 338 g/mol. The van der Waals surface area contributed by atoms with Crippen molar-refractivity contribution in [3.05, 3.63) is 6.07 Å². The molecule has 0 amide bonds. The van der Waals surface area contributed by atoms with Crippen molar-refractivity contribution in [1.29, 1.82) is 0 Å². The van der Waals surface area contributed by atoms with Crippen molar-refractivity contribution in [2.75, 3.05) is 37.0 Å². The lowest BCUT2D eigenvalue weighted by atomic mass is 10.0. The highest BCUT2D eigenvalue weighted by Gasteiger charge is 2.21. The molecule has 2 saturated heterocycles.